The van der Waals surface area contributed by atoms with E-state index in [1.807, 2.05) is 12.3 Å². The molecule has 1 aromatic rings. The second-order valence-corrected chi connectivity index (χ2v) is 2.93. The zero-order valence-corrected chi connectivity index (χ0v) is 7.31. The number of carbonyl (C=O) groups excluding carboxylic acids is 1. The molecule has 1 heterocycles. The predicted octanol–water partition coefficient (Wildman–Crippen LogP) is 0.643. The van der Waals surface area contributed by atoms with Gasteiger partial charge in [-0.3, -0.25) is 4.79 Å². The van der Waals surface area contributed by atoms with Crippen LogP contribution in [0.3, 0.4) is 0 Å². The van der Waals surface area contributed by atoms with Gasteiger partial charge in [0.2, 0.25) is 6.41 Å². The largest absolute Gasteiger partial charge is 0.384 e. The summed E-state index contributed by atoms with van der Waals surface area (Å²) in [5.41, 5.74) is 10.9. The number of carbonyl (C=O) groups is 1. The van der Waals surface area contributed by atoms with Gasteiger partial charge in [0, 0.05) is 6.20 Å². The van der Waals surface area contributed by atoms with Crippen LogP contribution in [0.1, 0.15) is 24.3 Å². The molecule has 4 heteroatoms. The zero-order valence-electron chi connectivity index (χ0n) is 7.31. The molecule has 1 fully saturated rings. The lowest BCUT2D eigenvalue weighted by Crippen LogP contribution is -1.89. The van der Waals surface area contributed by atoms with Crippen LogP contribution in [0.5, 0.6) is 0 Å². The quantitative estimate of drug-likeness (QED) is 0.621. The van der Waals surface area contributed by atoms with Gasteiger partial charge in [-0.2, -0.15) is 0 Å². The van der Waals surface area contributed by atoms with E-state index in [4.69, 9.17) is 10.5 Å². The lowest BCUT2D eigenvalue weighted by molar-refractivity contribution is -0.106. The topological polar surface area (TPSA) is 82.0 Å². The molecule has 2 rings (SSSR count). The molecule has 1 aliphatic rings. The maximum Gasteiger partial charge on any atom is 0.204 e. The lowest BCUT2D eigenvalue weighted by atomic mass is 10.2. The zero-order chi connectivity index (χ0) is 9.68. The van der Waals surface area contributed by atoms with Crippen molar-refractivity contribution in [2.45, 2.75) is 18.8 Å². The van der Waals surface area contributed by atoms with Gasteiger partial charge >= 0.3 is 0 Å². The Kier molecular flexibility index (Phi) is 3.25. The number of nitrogens with zero attached hydrogens (tertiary/aromatic N) is 1. The maximum atomic E-state index is 8.58. The average molecular weight is 179 g/mol. The van der Waals surface area contributed by atoms with Crippen molar-refractivity contribution in [2.24, 2.45) is 5.73 Å². The second-order valence-electron chi connectivity index (χ2n) is 2.93. The maximum absolute atomic E-state index is 8.58. The fourth-order valence-electron chi connectivity index (χ4n) is 1.07. The van der Waals surface area contributed by atoms with E-state index in [-0.39, 0.29) is 6.41 Å². The smallest absolute Gasteiger partial charge is 0.204 e. The molecular formula is C9H13N3O. The first-order chi connectivity index (χ1) is 6.27. The highest BCUT2D eigenvalue weighted by atomic mass is 16.1. The summed E-state index contributed by atoms with van der Waals surface area (Å²) in [4.78, 5) is 12.6. The predicted molar refractivity (Wildman–Crippen MR) is 50.9 cm³/mol. The summed E-state index contributed by atoms with van der Waals surface area (Å²) >= 11 is 0. The molecule has 0 saturated heterocycles. The van der Waals surface area contributed by atoms with Crippen molar-refractivity contribution in [2.75, 3.05) is 5.73 Å². The van der Waals surface area contributed by atoms with Crippen molar-refractivity contribution in [3.05, 3.63) is 23.9 Å². The van der Waals surface area contributed by atoms with Crippen molar-refractivity contribution in [3.63, 3.8) is 0 Å². The third-order valence-electron chi connectivity index (χ3n) is 1.86. The Labute approximate surface area is 77.0 Å². The monoisotopic (exact) mass is 179 g/mol. The van der Waals surface area contributed by atoms with Gasteiger partial charge in [-0.05, 0) is 30.4 Å². The van der Waals surface area contributed by atoms with E-state index in [0.29, 0.717) is 5.82 Å². The highest BCUT2D eigenvalue weighted by Gasteiger charge is 2.23. The summed E-state index contributed by atoms with van der Waals surface area (Å²) in [7, 11) is 0. The standard InChI is InChI=1S/C8H10N2.CH3NO/c9-8-4-3-7(5-10-8)6-1-2-6;2-1-3/h3-6H,1-2H2,(H2,9,10);1H,(H2,2,3). The molecule has 0 spiro atoms. The molecule has 1 aliphatic carbocycles. The van der Waals surface area contributed by atoms with Gasteiger partial charge in [-0.25, -0.2) is 4.98 Å². The Morgan fingerprint density at radius 3 is 2.46 bits per heavy atom. The summed E-state index contributed by atoms with van der Waals surface area (Å²) in [6.45, 7) is 0. The van der Waals surface area contributed by atoms with Gasteiger partial charge in [0.15, 0.2) is 0 Å². The molecule has 4 N–H and O–H groups in total. The molecule has 1 aromatic heterocycles. The summed E-state index contributed by atoms with van der Waals surface area (Å²) in [6, 6.07) is 3.94. The van der Waals surface area contributed by atoms with Gasteiger partial charge in [0.1, 0.15) is 5.82 Å². The molecule has 1 amide bonds. The molecule has 0 aliphatic heterocycles. The molecular weight excluding hydrogens is 166 g/mol. The molecule has 1 saturated carbocycles. The van der Waals surface area contributed by atoms with Crippen LogP contribution in [0.15, 0.2) is 18.3 Å². The summed E-state index contributed by atoms with van der Waals surface area (Å²) in [6.07, 6.45) is 4.78. The van der Waals surface area contributed by atoms with Crippen molar-refractivity contribution >= 4 is 12.2 Å². The number of pyridine rings is 1. The van der Waals surface area contributed by atoms with E-state index >= 15 is 0 Å². The van der Waals surface area contributed by atoms with E-state index in [0.717, 1.165) is 5.92 Å². The molecule has 0 bridgehead atoms. The molecule has 13 heavy (non-hydrogen) atoms. The van der Waals surface area contributed by atoms with E-state index in [1.54, 1.807) is 0 Å². The van der Waals surface area contributed by atoms with Crippen molar-refractivity contribution < 1.29 is 4.79 Å². The molecule has 0 unspecified atom stereocenters. The first-order valence-corrected chi connectivity index (χ1v) is 4.14. The average Bonchev–Trinajstić information content (AvgIpc) is 2.90. The fraction of sp³-hybridized carbons (Fsp3) is 0.333. The number of hydrogen-bond acceptors (Lipinski definition) is 3. The normalized spacial score (nSPS) is 14.2. The number of nitrogen functional groups attached to an aromatic ring is 1. The second kappa shape index (κ2) is 4.45. The highest BCUT2D eigenvalue weighted by molar-refractivity contribution is 5.42. The van der Waals surface area contributed by atoms with Crippen LogP contribution >= 0.6 is 0 Å². The number of amides is 1. The Bertz CT molecular complexity index is 267. The van der Waals surface area contributed by atoms with Crippen LogP contribution in [0.2, 0.25) is 0 Å². The molecule has 70 valence electrons. The Balaban J connectivity index is 0.000000251. The van der Waals surface area contributed by atoms with Gasteiger partial charge in [0.25, 0.3) is 0 Å². The van der Waals surface area contributed by atoms with Crippen LogP contribution < -0.4 is 11.5 Å². The first-order valence-electron chi connectivity index (χ1n) is 4.14. The Morgan fingerprint density at radius 2 is 2.08 bits per heavy atom. The van der Waals surface area contributed by atoms with Gasteiger partial charge in [-0.1, -0.05) is 6.07 Å². The van der Waals surface area contributed by atoms with Crippen molar-refractivity contribution in [3.8, 4) is 0 Å². The van der Waals surface area contributed by atoms with E-state index in [2.05, 4.69) is 16.8 Å². The third-order valence-corrected chi connectivity index (χ3v) is 1.86. The van der Waals surface area contributed by atoms with Gasteiger partial charge in [0.05, 0.1) is 0 Å². The summed E-state index contributed by atoms with van der Waals surface area (Å²) in [5.74, 6) is 1.40. The van der Waals surface area contributed by atoms with Crippen LogP contribution in [0.25, 0.3) is 0 Å². The van der Waals surface area contributed by atoms with Crippen LogP contribution in [0, 0.1) is 0 Å². The van der Waals surface area contributed by atoms with Crippen LogP contribution in [-0.2, 0) is 4.79 Å². The van der Waals surface area contributed by atoms with E-state index in [1.165, 1.54) is 18.4 Å². The van der Waals surface area contributed by atoms with Crippen molar-refractivity contribution in [1.82, 2.24) is 4.98 Å². The number of aromatic nitrogens is 1. The van der Waals surface area contributed by atoms with Crippen LogP contribution in [-0.4, -0.2) is 11.4 Å². The number of hydrogen-bond donors (Lipinski definition) is 2. The number of nitrogens with two attached hydrogens (primary N) is 2. The summed E-state index contributed by atoms with van der Waals surface area (Å²) in [5, 5.41) is 0. The van der Waals surface area contributed by atoms with Gasteiger partial charge in [-0.15, -0.1) is 0 Å². The summed E-state index contributed by atoms with van der Waals surface area (Å²) < 4.78 is 0. The number of anilines is 1. The third kappa shape index (κ3) is 3.11. The van der Waals surface area contributed by atoms with Crippen molar-refractivity contribution in [1.29, 1.82) is 0 Å². The molecule has 0 radical (unpaired) electrons. The first kappa shape index (κ1) is 9.51. The number of primary amides is 1. The molecule has 0 aromatic carbocycles. The van der Waals surface area contributed by atoms with Gasteiger partial charge < -0.3 is 11.5 Å². The molecule has 4 nitrogen and oxygen atoms in total. The SMILES string of the molecule is NC=O.Nc1ccc(C2CC2)cn1. The minimum absolute atomic E-state index is 0.250. The minimum atomic E-state index is 0.250. The number of rotatable bonds is 1. The highest BCUT2D eigenvalue weighted by Crippen LogP contribution is 2.39. The Morgan fingerprint density at radius 1 is 1.46 bits per heavy atom. The Hall–Kier alpha value is -1.58. The van der Waals surface area contributed by atoms with E-state index < -0.39 is 0 Å². The lowest BCUT2D eigenvalue weighted by Gasteiger charge is -1.95. The molecule has 0 atom stereocenters. The van der Waals surface area contributed by atoms with Crippen LogP contribution in [0.4, 0.5) is 5.82 Å². The fourth-order valence-corrected chi connectivity index (χ4v) is 1.07. The van der Waals surface area contributed by atoms with E-state index in [9.17, 15) is 0 Å². The minimum Gasteiger partial charge on any atom is -0.384 e.